The van der Waals surface area contributed by atoms with E-state index in [1.165, 1.54) is 141 Å². The molecule has 0 fully saturated rings. The van der Waals surface area contributed by atoms with Crippen molar-refractivity contribution in [2.75, 3.05) is 0 Å². The maximum atomic E-state index is 12.0. The molecule has 41 heavy (non-hydrogen) atoms. The number of hydrogen-bond donors (Lipinski definition) is 1. The van der Waals surface area contributed by atoms with E-state index in [1.54, 1.807) is 0 Å². The fourth-order valence-electron chi connectivity index (χ4n) is 4.99. The molecule has 0 spiro atoms. The van der Waals surface area contributed by atoms with Crippen molar-refractivity contribution in [3.63, 3.8) is 0 Å². The molecular weight excluding hydrogens is 502 g/mol. The van der Waals surface area contributed by atoms with E-state index in [9.17, 15) is 9.59 Å². The van der Waals surface area contributed by atoms with E-state index in [0.29, 0.717) is 12.8 Å². The molecule has 240 valence electrons. The van der Waals surface area contributed by atoms with E-state index in [1.807, 2.05) is 0 Å². The van der Waals surface area contributed by atoms with Crippen molar-refractivity contribution >= 4 is 11.8 Å². The monoisotopic (exact) mass is 574 g/mol. The molecule has 2 amide bonds. The van der Waals surface area contributed by atoms with Crippen LogP contribution in [0.5, 0.6) is 0 Å². The molecule has 0 aliphatic heterocycles. The Morgan fingerprint density at radius 2 is 0.659 bits per heavy atom. The minimum atomic E-state index is -0.0922. The number of rotatable bonds is 30. The summed E-state index contributed by atoms with van der Waals surface area (Å²) in [4.78, 5) is 24.0. The lowest BCUT2D eigenvalue weighted by atomic mass is 10.1. The first-order chi connectivity index (χ1) is 20.2. The molecule has 0 aromatic carbocycles. The highest BCUT2D eigenvalue weighted by atomic mass is 16.2. The first-order valence-electron chi connectivity index (χ1n) is 17.8. The van der Waals surface area contributed by atoms with Crippen LogP contribution in [0, 0.1) is 0 Å². The van der Waals surface area contributed by atoms with Crippen molar-refractivity contribution in [1.29, 1.82) is 0 Å². The highest BCUT2D eigenvalue weighted by molar-refractivity contribution is 5.95. The third-order valence-corrected chi connectivity index (χ3v) is 7.61. The topological polar surface area (TPSA) is 46.2 Å². The van der Waals surface area contributed by atoms with Gasteiger partial charge in [0.25, 0.3) is 0 Å². The molecular formula is C38H71NO2. The second kappa shape index (κ2) is 38.4. The van der Waals surface area contributed by atoms with E-state index in [-0.39, 0.29) is 11.8 Å². The first kappa shape index (κ1) is 41.5. The van der Waals surface area contributed by atoms with E-state index in [0.717, 1.165) is 25.7 Å². The van der Waals surface area contributed by atoms with Crippen molar-refractivity contribution in [3.05, 3.63) is 37.5 Å². The van der Waals surface area contributed by atoms with E-state index in [2.05, 4.69) is 56.6 Å². The standard InChI is InChI=1S/C36H67NO2.C2H4/c1-3-5-7-9-11-13-15-17-19-21-23-25-27-29-31-33-35(38)37-36(39)34-32-30-28-26-24-22-20-18-16-14-12-10-8-6-4-2;1-2/h17-20H,3-16,21-34H2,1-2H3,(H,37,38,39);1-2H2/b19-17-,20-18-;. The fourth-order valence-corrected chi connectivity index (χ4v) is 4.99. The molecule has 0 radical (unpaired) electrons. The summed E-state index contributed by atoms with van der Waals surface area (Å²) in [6.45, 7) is 10.5. The highest BCUT2D eigenvalue weighted by Crippen LogP contribution is 2.12. The molecule has 1 N–H and O–H groups in total. The Balaban J connectivity index is 0. The zero-order valence-electron chi connectivity index (χ0n) is 27.8. The summed E-state index contributed by atoms with van der Waals surface area (Å²) < 4.78 is 0. The molecule has 0 saturated carbocycles. The largest absolute Gasteiger partial charge is 0.296 e. The van der Waals surface area contributed by atoms with Crippen molar-refractivity contribution < 1.29 is 9.59 Å². The van der Waals surface area contributed by atoms with Gasteiger partial charge in [-0.1, -0.05) is 141 Å². The zero-order valence-corrected chi connectivity index (χ0v) is 27.8. The van der Waals surface area contributed by atoms with E-state index in [4.69, 9.17) is 0 Å². The Morgan fingerprint density at radius 3 is 0.951 bits per heavy atom. The molecule has 3 heteroatoms. The average molecular weight is 574 g/mol. The van der Waals surface area contributed by atoms with Crippen LogP contribution in [0.15, 0.2) is 37.5 Å². The van der Waals surface area contributed by atoms with Crippen LogP contribution in [0.25, 0.3) is 0 Å². The second-order valence-corrected chi connectivity index (χ2v) is 11.6. The number of carbonyl (C=O) groups is 2. The summed E-state index contributed by atoms with van der Waals surface area (Å²) in [6.07, 6.45) is 42.9. The molecule has 0 rings (SSSR count). The third kappa shape index (κ3) is 38.4. The van der Waals surface area contributed by atoms with Gasteiger partial charge in [-0.15, -0.1) is 13.2 Å². The van der Waals surface area contributed by atoms with Gasteiger partial charge < -0.3 is 0 Å². The molecule has 3 nitrogen and oxygen atoms in total. The Bertz CT molecular complexity index is 545. The predicted molar refractivity (Wildman–Crippen MR) is 183 cm³/mol. The van der Waals surface area contributed by atoms with Crippen LogP contribution in [0.3, 0.4) is 0 Å². The highest BCUT2D eigenvalue weighted by Gasteiger charge is 2.07. The van der Waals surface area contributed by atoms with Gasteiger partial charge in [0.15, 0.2) is 0 Å². The van der Waals surface area contributed by atoms with Gasteiger partial charge in [0.2, 0.25) is 11.8 Å². The van der Waals surface area contributed by atoms with Crippen LogP contribution < -0.4 is 5.32 Å². The van der Waals surface area contributed by atoms with Crippen LogP contribution in [-0.4, -0.2) is 11.8 Å². The van der Waals surface area contributed by atoms with Gasteiger partial charge in [0.05, 0.1) is 0 Å². The minimum Gasteiger partial charge on any atom is -0.296 e. The summed E-state index contributed by atoms with van der Waals surface area (Å²) in [5.41, 5.74) is 0. The normalized spacial score (nSPS) is 11.2. The molecule has 0 aliphatic carbocycles. The van der Waals surface area contributed by atoms with Crippen LogP contribution in [0.2, 0.25) is 0 Å². The number of nitrogens with one attached hydrogen (secondary N) is 1. The van der Waals surface area contributed by atoms with Gasteiger partial charge in [-0.25, -0.2) is 0 Å². The van der Waals surface area contributed by atoms with Gasteiger partial charge in [-0.2, -0.15) is 0 Å². The fraction of sp³-hybridized carbons (Fsp3) is 0.789. The summed E-state index contributed by atoms with van der Waals surface area (Å²) in [6, 6.07) is 0. The van der Waals surface area contributed by atoms with E-state index >= 15 is 0 Å². The van der Waals surface area contributed by atoms with Crippen LogP contribution in [-0.2, 0) is 9.59 Å². The van der Waals surface area contributed by atoms with Crippen molar-refractivity contribution in [2.24, 2.45) is 0 Å². The Kier molecular flexibility index (Phi) is 38.8. The first-order valence-corrected chi connectivity index (χ1v) is 17.8. The molecule has 0 saturated heterocycles. The lowest BCUT2D eigenvalue weighted by Gasteiger charge is -2.05. The Morgan fingerprint density at radius 1 is 0.415 bits per heavy atom. The van der Waals surface area contributed by atoms with Crippen molar-refractivity contribution in [3.8, 4) is 0 Å². The zero-order chi connectivity index (χ0) is 30.5. The predicted octanol–water partition coefficient (Wildman–Crippen LogP) is 12.5. The maximum Gasteiger partial charge on any atom is 0.226 e. The Labute approximate surface area is 257 Å². The molecule has 0 aromatic rings. The number of unbranched alkanes of at least 4 members (excludes halogenated alkanes) is 22. The molecule has 0 heterocycles. The molecule has 0 aliphatic rings. The van der Waals surface area contributed by atoms with Crippen LogP contribution in [0.1, 0.15) is 194 Å². The molecule has 0 unspecified atom stereocenters. The van der Waals surface area contributed by atoms with Crippen molar-refractivity contribution in [1.82, 2.24) is 5.32 Å². The number of allylic oxidation sites excluding steroid dienone is 4. The molecule has 0 atom stereocenters. The lowest BCUT2D eigenvalue weighted by molar-refractivity contribution is -0.130. The summed E-state index contributed by atoms with van der Waals surface area (Å²) in [5.74, 6) is -0.184. The second-order valence-electron chi connectivity index (χ2n) is 11.6. The number of carbonyl (C=O) groups excluding carboxylic acids is 2. The number of imide groups is 1. The Hall–Kier alpha value is -1.64. The maximum absolute atomic E-state index is 12.0. The third-order valence-electron chi connectivity index (χ3n) is 7.61. The van der Waals surface area contributed by atoms with Gasteiger partial charge in [0.1, 0.15) is 0 Å². The van der Waals surface area contributed by atoms with Crippen LogP contribution in [0.4, 0.5) is 0 Å². The van der Waals surface area contributed by atoms with Gasteiger partial charge in [-0.3, -0.25) is 14.9 Å². The summed E-state index contributed by atoms with van der Waals surface area (Å²) in [7, 11) is 0. The van der Waals surface area contributed by atoms with E-state index < -0.39 is 0 Å². The quantitative estimate of drug-likeness (QED) is 0.0686. The molecule has 0 bridgehead atoms. The summed E-state index contributed by atoms with van der Waals surface area (Å²) in [5, 5.41) is 2.58. The SMILES string of the molecule is C=C.CCCCCCCC/C=C\CCCCCCCC(=O)NC(=O)CCCCCCC/C=C\CCCCCCCC. The number of hydrogen-bond acceptors (Lipinski definition) is 2. The van der Waals surface area contributed by atoms with Gasteiger partial charge in [0, 0.05) is 12.8 Å². The smallest absolute Gasteiger partial charge is 0.226 e. The minimum absolute atomic E-state index is 0.0922. The van der Waals surface area contributed by atoms with Crippen molar-refractivity contribution in [2.45, 2.75) is 194 Å². The van der Waals surface area contributed by atoms with Gasteiger partial charge in [-0.05, 0) is 64.2 Å². The van der Waals surface area contributed by atoms with Crippen LogP contribution >= 0.6 is 0 Å². The molecule has 0 aromatic heterocycles. The number of amides is 2. The lowest BCUT2D eigenvalue weighted by Crippen LogP contribution is -2.29. The summed E-state index contributed by atoms with van der Waals surface area (Å²) >= 11 is 0. The van der Waals surface area contributed by atoms with Gasteiger partial charge >= 0.3 is 0 Å². The average Bonchev–Trinajstić information content (AvgIpc) is 2.98.